The van der Waals surface area contributed by atoms with Gasteiger partial charge in [-0.2, -0.15) is 4.98 Å². The molecule has 1 fully saturated rings. The average Bonchev–Trinajstić information content (AvgIpc) is 2.63. The van der Waals surface area contributed by atoms with Gasteiger partial charge in [0.25, 0.3) is 0 Å². The second-order valence-electron chi connectivity index (χ2n) is 6.64. The van der Waals surface area contributed by atoms with Crippen LogP contribution in [0.5, 0.6) is 0 Å². The summed E-state index contributed by atoms with van der Waals surface area (Å²) in [5.74, 6) is 2.41. The Labute approximate surface area is 144 Å². The first-order valence-corrected chi connectivity index (χ1v) is 8.74. The first kappa shape index (κ1) is 16.7. The van der Waals surface area contributed by atoms with Crippen LogP contribution in [0.4, 0.5) is 11.8 Å². The number of rotatable bonds is 6. The third-order valence-electron chi connectivity index (χ3n) is 4.56. The molecule has 2 heterocycles. The van der Waals surface area contributed by atoms with E-state index < -0.39 is 0 Å². The molecule has 1 saturated heterocycles. The van der Waals surface area contributed by atoms with Crippen molar-refractivity contribution in [2.75, 3.05) is 50.5 Å². The van der Waals surface area contributed by atoms with Crippen molar-refractivity contribution in [3.8, 4) is 0 Å². The topological polar surface area (TPSA) is 44.3 Å². The van der Waals surface area contributed by atoms with Crippen LogP contribution < -0.4 is 10.2 Å². The van der Waals surface area contributed by atoms with Crippen molar-refractivity contribution in [1.29, 1.82) is 0 Å². The fourth-order valence-corrected chi connectivity index (χ4v) is 3.14. The number of benzene rings is 1. The van der Waals surface area contributed by atoms with Gasteiger partial charge in [-0.1, -0.05) is 30.3 Å². The maximum Gasteiger partial charge on any atom is 0.227 e. The lowest BCUT2D eigenvalue weighted by Gasteiger charge is -2.32. The zero-order chi connectivity index (χ0) is 16.8. The molecule has 0 radical (unpaired) electrons. The number of hydrogen-bond acceptors (Lipinski definition) is 5. The number of hydrogen-bond donors (Lipinski definition) is 1. The van der Waals surface area contributed by atoms with Gasteiger partial charge in [0, 0.05) is 32.4 Å². The minimum absolute atomic E-state index is 0.656. The molecule has 3 rings (SSSR count). The highest BCUT2D eigenvalue weighted by Gasteiger charge is 2.22. The second kappa shape index (κ2) is 8.11. The summed E-state index contributed by atoms with van der Waals surface area (Å²) in [7, 11) is 4.15. The van der Waals surface area contributed by atoms with E-state index in [0.717, 1.165) is 50.8 Å². The molecule has 2 aromatic rings. The first-order chi connectivity index (χ1) is 11.7. The molecule has 0 atom stereocenters. The molecule has 1 aromatic carbocycles. The Hall–Kier alpha value is -2.14. The van der Waals surface area contributed by atoms with E-state index in [9.17, 15) is 0 Å². The average molecular weight is 325 g/mol. The van der Waals surface area contributed by atoms with E-state index in [1.807, 2.05) is 12.3 Å². The molecule has 0 bridgehead atoms. The minimum atomic E-state index is 0.656. The lowest BCUT2D eigenvalue weighted by Crippen LogP contribution is -2.34. The van der Waals surface area contributed by atoms with Crippen molar-refractivity contribution in [2.24, 2.45) is 0 Å². The van der Waals surface area contributed by atoms with E-state index in [2.05, 4.69) is 69.5 Å². The molecule has 0 amide bonds. The molecule has 0 unspecified atom stereocenters. The van der Waals surface area contributed by atoms with Gasteiger partial charge in [0.2, 0.25) is 5.95 Å². The maximum atomic E-state index is 4.68. The van der Waals surface area contributed by atoms with E-state index in [1.54, 1.807) is 0 Å². The van der Waals surface area contributed by atoms with Crippen molar-refractivity contribution in [1.82, 2.24) is 14.9 Å². The van der Waals surface area contributed by atoms with E-state index in [4.69, 9.17) is 0 Å². The Morgan fingerprint density at radius 3 is 2.58 bits per heavy atom. The van der Waals surface area contributed by atoms with Gasteiger partial charge in [-0.15, -0.1) is 0 Å². The van der Waals surface area contributed by atoms with Crippen LogP contribution in [0.1, 0.15) is 24.3 Å². The highest BCUT2D eigenvalue weighted by molar-refractivity contribution is 5.41. The van der Waals surface area contributed by atoms with E-state index in [-0.39, 0.29) is 0 Å². The lowest BCUT2D eigenvalue weighted by molar-refractivity contribution is 0.425. The van der Waals surface area contributed by atoms with E-state index >= 15 is 0 Å². The fourth-order valence-electron chi connectivity index (χ4n) is 3.14. The standard InChI is InChI=1S/C19H27N5/c1-23(2)15-12-20-18-8-11-21-19(22-18)24-13-9-17(10-14-24)16-6-4-3-5-7-16/h3-8,11,17H,9-10,12-15H2,1-2H3,(H,20,21,22). The lowest BCUT2D eigenvalue weighted by atomic mass is 9.90. The van der Waals surface area contributed by atoms with Crippen molar-refractivity contribution in [2.45, 2.75) is 18.8 Å². The van der Waals surface area contributed by atoms with E-state index in [1.165, 1.54) is 5.56 Å². The molecular weight excluding hydrogens is 298 g/mol. The molecule has 1 aliphatic rings. The molecule has 0 saturated carbocycles. The van der Waals surface area contributed by atoms with Gasteiger partial charge in [0.15, 0.2) is 0 Å². The number of anilines is 2. The molecule has 0 spiro atoms. The summed E-state index contributed by atoms with van der Waals surface area (Å²) in [6.45, 7) is 3.91. The minimum Gasteiger partial charge on any atom is -0.369 e. The number of nitrogens with zero attached hydrogens (tertiary/aromatic N) is 4. The van der Waals surface area contributed by atoms with Crippen molar-refractivity contribution in [3.63, 3.8) is 0 Å². The predicted octanol–water partition coefficient (Wildman–Crippen LogP) is 2.83. The summed E-state index contributed by atoms with van der Waals surface area (Å²) < 4.78 is 0. The summed E-state index contributed by atoms with van der Waals surface area (Å²) in [6.07, 6.45) is 4.17. The number of likely N-dealkylation sites (N-methyl/N-ethyl adjacent to an activating group) is 1. The molecule has 128 valence electrons. The van der Waals surface area contributed by atoms with Crippen LogP contribution in [-0.2, 0) is 0 Å². The Morgan fingerprint density at radius 2 is 1.88 bits per heavy atom. The number of nitrogens with one attached hydrogen (secondary N) is 1. The molecule has 1 aromatic heterocycles. The Kier molecular flexibility index (Phi) is 5.64. The maximum absolute atomic E-state index is 4.68. The van der Waals surface area contributed by atoms with Gasteiger partial charge in [0.05, 0.1) is 0 Å². The van der Waals surface area contributed by atoms with Crippen LogP contribution >= 0.6 is 0 Å². The van der Waals surface area contributed by atoms with Crippen LogP contribution in [-0.4, -0.2) is 55.1 Å². The molecule has 0 aliphatic carbocycles. The summed E-state index contributed by atoms with van der Waals surface area (Å²) in [5.41, 5.74) is 1.46. The second-order valence-corrected chi connectivity index (χ2v) is 6.64. The summed E-state index contributed by atoms with van der Waals surface area (Å²) in [6, 6.07) is 12.8. The van der Waals surface area contributed by atoms with Crippen LogP contribution in [0.3, 0.4) is 0 Å². The number of piperidine rings is 1. The largest absolute Gasteiger partial charge is 0.369 e. The highest BCUT2D eigenvalue weighted by atomic mass is 15.3. The van der Waals surface area contributed by atoms with Gasteiger partial charge >= 0.3 is 0 Å². The molecular formula is C19H27N5. The third-order valence-corrected chi connectivity index (χ3v) is 4.56. The molecule has 24 heavy (non-hydrogen) atoms. The van der Waals surface area contributed by atoms with E-state index in [0.29, 0.717) is 5.92 Å². The van der Waals surface area contributed by atoms with Crippen molar-refractivity contribution in [3.05, 3.63) is 48.2 Å². The number of aromatic nitrogens is 2. The Morgan fingerprint density at radius 1 is 1.12 bits per heavy atom. The SMILES string of the molecule is CN(C)CCNc1ccnc(N2CCC(c3ccccc3)CC2)n1. The zero-order valence-electron chi connectivity index (χ0n) is 14.7. The summed E-state index contributed by atoms with van der Waals surface area (Å²) >= 11 is 0. The Bertz CT molecular complexity index is 621. The zero-order valence-corrected chi connectivity index (χ0v) is 14.7. The summed E-state index contributed by atoms with van der Waals surface area (Å²) in [5, 5.41) is 3.37. The summed E-state index contributed by atoms with van der Waals surface area (Å²) in [4.78, 5) is 13.6. The smallest absolute Gasteiger partial charge is 0.227 e. The van der Waals surface area contributed by atoms with Crippen molar-refractivity contribution >= 4 is 11.8 Å². The normalized spacial score (nSPS) is 15.7. The highest BCUT2D eigenvalue weighted by Crippen LogP contribution is 2.29. The van der Waals surface area contributed by atoms with Crippen LogP contribution in [0.2, 0.25) is 0 Å². The van der Waals surface area contributed by atoms with Crippen LogP contribution in [0.15, 0.2) is 42.6 Å². The Balaban J connectivity index is 1.56. The monoisotopic (exact) mass is 325 g/mol. The van der Waals surface area contributed by atoms with Gasteiger partial charge in [0.1, 0.15) is 5.82 Å². The van der Waals surface area contributed by atoms with Gasteiger partial charge in [-0.3, -0.25) is 0 Å². The molecule has 5 heteroatoms. The predicted molar refractivity (Wildman–Crippen MR) is 99.7 cm³/mol. The molecule has 1 N–H and O–H groups in total. The fraction of sp³-hybridized carbons (Fsp3) is 0.474. The molecule has 1 aliphatic heterocycles. The van der Waals surface area contributed by atoms with Gasteiger partial charge in [-0.05, 0) is 44.5 Å². The molecule has 5 nitrogen and oxygen atoms in total. The first-order valence-electron chi connectivity index (χ1n) is 8.74. The quantitative estimate of drug-likeness (QED) is 0.885. The van der Waals surface area contributed by atoms with Gasteiger partial charge in [-0.25, -0.2) is 4.98 Å². The van der Waals surface area contributed by atoms with Gasteiger partial charge < -0.3 is 15.1 Å². The van der Waals surface area contributed by atoms with Crippen molar-refractivity contribution < 1.29 is 0 Å². The van der Waals surface area contributed by atoms with Crippen LogP contribution in [0, 0.1) is 0 Å². The third kappa shape index (κ3) is 4.45. The van der Waals surface area contributed by atoms with Crippen LogP contribution in [0.25, 0.3) is 0 Å².